The predicted molar refractivity (Wildman–Crippen MR) is 64.9 cm³/mol. The summed E-state index contributed by atoms with van der Waals surface area (Å²) >= 11 is 1.19. The second-order valence-corrected chi connectivity index (χ2v) is 5.00. The van der Waals surface area contributed by atoms with E-state index in [1.54, 1.807) is 13.0 Å². The van der Waals surface area contributed by atoms with Gasteiger partial charge in [0.25, 0.3) is 0 Å². The molecule has 0 aromatic heterocycles. The van der Waals surface area contributed by atoms with Crippen molar-refractivity contribution in [1.82, 2.24) is 0 Å². The highest BCUT2D eigenvalue weighted by molar-refractivity contribution is 8.16. The molecule has 0 amide bonds. The molecule has 15 heavy (non-hydrogen) atoms. The van der Waals surface area contributed by atoms with Crippen LogP contribution < -0.4 is 0 Å². The summed E-state index contributed by atoms with van der Waals surface area (Å²) in [6, 6.07) is 0. The van der Waals surface area contributed by atoms with Crippen molar-refractivity contribution in [1.29, 1.82) is 0 Å². The normalized spacial score (nSPS) is 27.4. The first-order valence-electron chi connectivity index (χ1n) is 4.92. The molecule has 1 heterocycles. The predicted octanol–water partition coefficient (Wildman–Crippen LogP) is 3.37. The SMILES string of the molecule is C=C/C(C)=C/[C@@]1(CC)SC(=O)C(C)=C1O. The van der Waals surface area contributed by atoms with Gasteiger partial charge >= 0.3 is 0 Å². The maximum atomic E-state index is 11.5. The molecule has 0 aromatic carbocycles. The standard InChI is InChI=1S/C12H16O2S/c1-5-8(3)7-12(6-2)10(13)9(4)11(14)15-12/h5,7,13H,1,6H2,2-4H3/b8-7+/t12-/m1/s1. The summed E-state index contributed by atoms with van der Waals surface area (Å²) in [6.07, 6.45) is 4.33. The molecule has 0 radical (unpaired) electrons. The molecule has 0 bridgehead atoms. The first kappa shape index (κ1) is 12.1. The van der Waals surface area contributed by atoms with Crippen LogP contribution in [0.25, 0.3) is 0 Å². The number of hydrogen-bond acceptors (Lipinski definition) is 3. The molecule has 82 valence electrons. The summed E-state index contributed by atoms with van der Waals surface area (Å²) in [5.74, 6) is 0.196. The maximum Gasteiger partial charge on any atom is 0.219 e. The molecule has 1 atom stereocenters. The Kier molecular flexibility index (Phi) is 3.45. The minimum atomic E-state index is -0.570. The smallest absolute Gasteiger partial charge is 0.219 e. The van der Waals surface area contributed by atoms with E-state index in [2.05, 4.69) is 6.58 Å². The molecule has 1 rings (SSSR count). The van der Waals surface area contributed by atoms with Gasteiger partial charge < -0.3 is 5.11 Å². The van der Waals surface area contributed by atoms with Crippen LogP contribution in [0.4, 0.5) is 0 Å². The van der Waals surface area contributed by atoms with Gasteiger partial charge in [-0.3, -0.25) is 4.79 Å². The van der Waals surface area contributed by atoms with E-state index in [0.717, 1.165) is 5.57 Å². The van der Waals surface area contributed by atoms with Gasteiger partial charge in [-0.2, -0.15) is 0 Å². The van der Waals surface area contributed by atoms with Crippen molar-refractivity contribution in [3.8, 4) is 0 Å². The van der Waals surface area contributed by atoms with Gasteiger partial charge in [-0.15, -0.1) is 0 Å². The Hall–Kier alpha value is -0.960. The van der Waals surface area contributed by atoms with Crippen molar-refractivity contribution in [3.05, 3.63) is 35.6 Å². The summed E-state index contributed by atoms with van der Waals surface area (Å²) < 4.78 is -0.570. The monoisotopic (exact) mass is 224 g/mol. The van der Waals surface area contributed by atoms with E-state index in [0.29, 0.717) is 12.0 Å². The van der Waals surface area contributed by atoms with Crippen LogP contribution in [0, 0.1) is 0 Å². The lowest BCUT2D eigenvalue weighted by Gasteiger charge is -2.22. The van der Waals surface area contributed by atoms with E-state index in [1.165, 1.54) is 11.8 Å². The molecular weight excluding hydrogens is 208 g/mol. The number of rotatable bonds is 3. The molecule has 0 spiro atoms. The molecule has 0 fully saturated rings. The summed E-state index contributed by atoms with van der Waals surface area (Å²) in [7, 11) is 0. The van der Waals surface area contributed by atoms with E-state index in [1.807, 2.05) is 19.9 Å². The van der Waals surface area contributed by atoms with Crippen LogP contribution in [0.3, 0.4) is 0 Å². The molecule has 0 unspecified atom stereocenters. The zero-order valence-corrected chi connectivity index (χ0v) is 10.1. The highest BCUT2D eigenvalue weighted by atomic mass is 32.2. The molecule has 3 heteroatoms. The second-order valence-electron chi connectivity index (χ2n) is 3.70. The highest BCUT2D eigenvalue weighted by Crippen LogP contribution is 2.46. The zero-order valence-electron chi connectivity index (χ0n) is 9.33. The van der Waals surface area contributed by atoms with Gasteiger partial charge in [-0.1, -0.05) is 43.0 Å². The Labute approximate surface area is 94.8 Å². The quantitative estimate of drug-likeness (QED) is 0.747. The molecule has 0 saturated heterocycles. The summed E-state index contributed by atoms with van der Waals surface area (Å²) in [5.41, 5.74) is 1.44. The lowest BCUT2D eigenvalue weighted by molar-refractivity contribution is -0.107. The van der Waals surface area contributed by atoms with Gasteiger partial charge in [0.15, 0.2) is 0 Å². The molecule has 0 aliphatic carbocycles. The van der Waals surface area contributed by atoms with Gasteiger partial charge in [0.2, 0.25) is 5.12 Å². The number of carbonyl (C=O) groups is 1. The lowest BCUT2D eigenvalue weighted by Crippen LogP contribution is -2.21. The van der Waals surface area contributed by atoms with E-state index in [-0.39, 0.29) is 10.9 Å². The van der Waals surface area contributed by atoms with Crippen LogP contribution in [-0.4, -0.2) is 15.0 Å². The number of hydrogen-bond donors (Lipinski definition) is 1. The van der Waals surface area contributed by atoms with Gasteiger partial charge in [0.1, 0.15) is 5.76 Å². The van der Waals surface area contributed by atoms with Crippen molar-refractivity contribution in [2.45, 2.75) is 31.9 Å². The van der Waals surface area contributed by atoms with Crippen LogP contribution in [0.1, 0.15) is 27.2 Å². The first-order valence-corrected chi connectivity index (χ1v) is 5.74. The third-order valence-electron chi connectivity index (χ3n) is 2.65. The molecule has 0 aromatic rings. The Morgan fingerprint density at radius 3 is 2.60 bits per heavy atom. The highest BCUT2D eigenvalue weighted by Gasteiger charge is 2.42. The summed E-state index contributed by atoms with van der Waals surface area (Å²) in [4.78, 5) is 11.5. The van der Waals surface area contributed by atoms with Crippen LogP contribution in [0.2, 0.25) is 0 Å². The van der Waals surface area contributed by atoms with E-state index in [9.17, 15) is 9.90 Å². The largest absolute Gasteiger partial charge is 0.510 e. The molecule has 2 nitrogen and oxygen atoms in total. The fourth-order valence-electron chi connectivity index (χ4n) is 1.57. The zero-order chi connectivity index (χ0) is 11.6. The third-order valence-corrected chi connectivity index (χ3v) is 4.10. The van der Waals surface area contributed by atoms with E-state index >= 15 is 0 Å². The van der Waals surface area contributed by atoms with Crippen LogP contribution in [0.15, 0.2) is 35.6 Å². The molecule has 0 saturated carbocycles. The third kappa shape index (κ3) is 2.02. The fourth-order valence-corrected chi connectivity index (χ4v) is 2.79. The topological polar surface area (TPSA) is 37.3 Å². The van der Waals surface area contributed by atoms with Gasteiger partial charge in [-0.05, 0) is 20.3 Å². The van der Waals surface area contributed by atoms with Gasteiger partial charge in [0.05, 0.1) is 4.75 Å². The van der Waals surface area contributed by atoms with E-state index in [4.69, 9.17) is 0 Å². The second kappa shape index (κ2) is 4.27. The Balaban J connectivity index is 3.20. The van der Waals surface area contributed by atoms with Crippen molar-refractivity contribution < 1.29 is 9.90 Å². The minimum Gasteiger partial charge on any atom is -0.510 e. The molecular formula is C12H16O2S. The Morgan fingerprint density at radius 1 is 1.67 bits per heavy atom. The molecule has 1 aliphatic heterocycles. The Bertz CT molecular complexity index is 366. The van der Waals surface area contributed by atoms with Gasteiger partial charge in [-0.25, -0.2) is 0 Å². The molecule has 1 aliphatic rings. The van der Waals surface area contributed by atoms with Crippen LogP contribution in [-0.2, 0) is 4.79 Å². The lowest BCUT2D eigenvalue weighted by atomic mass is 9.97. The molecule has 1 N–H and O–H groups in total. The van der Waals surface area contributed by atoms with Gasteiger partial charge in [0, 0.05) is 5.57 Å². The van der Waals surface area contributed by atoms with Crippen molar-refractivity contribution in [2.24, 2.45) is 0 Å². The number of carbonyl (C=O) groups excluding carboxylic acids is 1. The van der Waals surface area contributed by atoms with E-state index < -0.39 is 4.75 Å². The minimum absolute atomic E-state index is 0.0394. The number of aliphatic hydroxyl groups is 1. The first-order chi connectivity index (χ1) is 6.96. The maximum absolute atomic E-state index is 11.5. The van der Waals surface area contributed by atoms with Crippen LogP contribution in [0.5, 0.6) is 0 Å². The summed E-state index contributed by atoms with van der Waals surface area (Å²) in [6.45, 7) is 9.21. The number of allylic oxidation sites excluding steroid dienone is 2. The fraction of sp³-hybridized carbons (Fsp3) is 0.417. The average molecular weight is 224 g/mol. The van der Waals surface area contributed by atoms with Crippen molar-refractivity contribution in [3.63, 3.8) is 0 Å². The Morgan fingerprint density at radius 2 is 2.27 bits per heavy atom. The van der Waals surface area contributed by atoms with Crippen molar-refractivity contribution >= 4 is 16.9 Å². The number of aliphatic hydroxyl groups excluding tert-OH is 1. The van der Waals surface area contributed by atoms with Crippen molar-refractivity contribution in [2.75, 3.05) is 0 Å². The summed E-state index contributed by atoms with van der Waals surface area (Å²) in [5, 5.41) is 9.94. The van der Waals surface area contributed by atoms with Crippen LogP contribution >= 0.6 is 11.8 Å². The average Bonchev–Trinajstić information content (AvgIpc) is 2.44. The number of thioether (sulfide) groups is 1.